The van der Waals surface area contributed by atoms with E-state index in [0.29, 0.717) is 0 Å². The van der Waals surface area contributed by atoms with Gasteiger partial charge in [-0.3, -0.25) is 4.79 Å². The molecular weight excluding hydrogens is 194 g/mol. The first-order chi connectivity index (χ1) is 7.07. The van der Waals surface area contributed by atoms with Gasteiger partial charge in [-0.15, -0.1) is 0 Å². The van der Waals surface area contributed by atoms with E-state index in [0.717, 1.165) is 0 Å². The first-order valence-corrected chi connectivity index (χ1v) is 4.58. The summed E-state index contributed by atoms with van der Waals surface area (Å²) in [4.78, 5) is 17.0. The summed E-state index contributed by atoms with van der Waals surface area (Å²) in [6, 6.07) is 1.13. The zero-order valence-corrected chi connectivity index (χ0v) is 8.95. The topological polar surface area (TPSA) is 74.8 Å². The van der Waals surface area contributed by atoms with Gasteiger partial charge in [-0.1, -0.05) is 0 Å². The number of amides is 1. The van der Waals surface area contributed by atoms with Crippen molar-refractivity contribution in [2.24, 2.45) is 0 Å². The average molecular weight is 207 g/mol. The molecule has 0 saturated carbocycles. The molecule has 0 bridgehead atoms. The smallest absolute Gasteiger partial charge is 0.248 e. The van der Waals surface area contributed by atoms with Crippen molar-refractivity contribution in [1.29, 1.82) is 5.26 Å². The quantitative estimate of drug-likeness (QED) is 0.710. The first kappa shape index (κ1) is 11.2. The Morgan fingerprint density at radius 1 is 1.60 bits per heavy atom. The number of carbonyl (C=O) groups is 1. The maximum atomic E-state index is 11.8. The minimum atomic E-state index is -0.441. The molecule has 0 aliphatic heterocycles. The Bertz CT molecular complexity index is 366. The molecule has 6 nitrogen and oxygen atoms in total. The zero-order chi connectivity index (χ0) is 11.4. The van der Waals surface area contributed by atoms with Gasteiger partial charge in [0.2, 0.25) is 5.91 Å². The molecule has 0 fully saturated rings. The van der Waals surface area contributed by atoms with E-state index in [-0.39, 0.29) is 5.91 Å². The molecule has 1 amide bonds. The second kappa shape index (κ2) is 4.55. The highest BCUT2D eigenvalue weighted by atomic mass is 16.2. The maximum absolute atomic E-state index is 11.8. The van der Waals surface area contributed by atoms with Crippen molar-refractivity contribution in [3.05, 3.63) is 12.7 Å². The SMILES string of the molecule is CC(C#N)N(C)C(=O)C(C)n1cncn1. The van der Waals surface area contributed by atoms with E-state index in [9.17, 15) is 4.79 Å². The molecule has 2 unspecified atom stereocenters. The second-order valence-corrected chi connectivity index (χ2v) is 3.31. The molecule has 15 heavy (non-hydrogen) atoms. The number of nitriles is 1. The van der Waals surface area contributed by atoms with Gasteiger partial charge in [0.15, 0.2) is 0 Å². The third-order valence-electron chi connectivity index (χ3n) is 2.31. The van der Waals surface area contributed by atoms with Gasteiger partial charge in [0.1, 0.15) is 24.7 Å². The summed E-state index contributed by atoms with van der Waals surface area (Å²) in [5, 5.41) is 12.6. The fraction of sp³-hybridized carbons (Fsp3) is 0.556. The Morgan fingerprint density at radius 3 is 2.73 bits per heavy atom. The third kappa shape index (κ3) is 2.31. The normalized spacial score (nSPS) is 14.0. The summed E-state index contributed by atoms with van der Waals surface area (Å²) in [5.74, 6) is -0.158. The van der Waals surface area contributed by atoms with Gasteiger partial charge in [-0.05, 0) is 13.8 Å². The van der Waals surface area contributed by atoms with E-state index in [1.807, 2.05) is 6.07 Å². The highest BCUT2D eigenvalue weighted by Crippen LogP contribution is 2.08. The fourth-order valence-corrected chi connectivity index (χ4v) is 1.10. The Kier molecular flexibility index (Phi) is 3.39. The molecule has 1 aromatic rings. The van der Waals surface area contributed by atoms with Gasteiger partial charge in [-0.25, -0.2) is 9.67 Å². The number of rotatable bonds is 3. The van der Waals surface area contributed by atoms with Crippen LogP contribution >= 0.6 is 0 Å². The van der Waals surface area contributed by atoms with Crippen LogP contribution in [0.5, 0.6) is 0 Å². The van der Waals surface area contributed by atoms with Crippen LogP contribution in [-0.4, -0.2) is 38.7 Å². The minimum Gasteiger partial charge on any atom is -0.328 e. The lowest BCUT2D eigenvalue weighted by molar-refractivity contribution is -0.134. The van der Waals surface area contributed by atoms with Crippen LogP contribution in [0, 0.1) is 11.3 Å². The summed E-state index contributed by atoms with van der Waals surface area (Å²) in [6.07, 6.45) is 2.85. The van der Waals surface area contributed by atoms with Gasteiger partial charge in [0, 0.05) is 7.05 Å². The van der Waals surface area contributed by atoms with Crippen molar-refractivity contribution >= 4 is 5.91 Å². The first-order valence-electron chi connectivity index (χ1n) is 4.58. The van der Waals surface area contributed by atoms with Gasteiger partial charge in [0.05, 0.1) is 6.07 Å². The van der Waals surface area contributed by atoms with Gasteiger partial charge < -0.3 is 4.90 Å². The van der Waals surface area contributed by atoms with Gasteiger partial charge >= 0.3 is 0 Å². The predicted octanol–water partition coefficient (Wildman–Crippen LogP) is 0.210. The molecule has 0 spiro atoms. The number of hydrogen-bond donors (Lipinski definition) is 0. The lowest BCUT2D eigenvalue weighted by Gasteiger charge is -2.23. The summed E-state index contributed by atoms with van der Waals surface area (Å²) in [7, 11) is 1.60. The number of carbonyl (C=O) groups excluding carboxylic acids is 1. The largest absolute Gasteiger partial charge is 0.328 e. The van der Waals surface area contributed by atoms with Crippen LogP contribution in [0.15, 0.2) is 12.7 Å². The van der Waals surface area contributed by atoms with Crippen LogP contribution in [-0.2, 0) is 4.79 Å². The molecule has 1 rings (SSSR count). The van der Waals surface area contributed by atoms with Crippen molar-refractivity contribution in [2.45, 2.75) is 25.9 Å². The summed E-state index contributed by atoms with van der Waals surface area (Å²) in [5.41, 5.74) is 0. The predicted molar refractivity (Wildman–Crippen MR) is 52.6 cm³/mol. The lowest BCUT2D eigenvalue weighted by atomic mass is 10.2. The van der Waals surface area contributed by atoms with Crippen LogP contribution in [0.25, 0.3) is 0 Å². The van der Waals surface area contributed by atoms with E-state index < -0.39 is 12.1 Å². The summed E-state index contributed by atoms with van der Waals surface area (Å²) in [6.45, 7) is 3.39. The molecule has 2 atom stereocenters. The molecule has 1 heterocycles. The van der Waals surface area contributed by atoms with Gasteiger partial charge in [-0.2, -0.15) is 10.4 Å². The summed E-state index contributed by atoms with van der Waals surface area (Å²) < 4.78 is 1.46. The molecule has 6 heteroatoms. The van der Waals surface area contributed by atoms with Crippen molar-refractivity contribution < 1.29 is 4.79 Å². The van der Waals surface area contributed by atoms with E-state index >= 15 is 0 Å². The number of hydrogen-bond acceptors (Lipinski definition) is 4. The fourth-order valence-electron chi connectivity index (χ4n) is 1.10. The Balaban J connectivity index is 2.74. The number of nitrogens with zero attached hydrogens (tertiary/aromatic N) is 5. The van der Waals surface area contributed by atoms with Crippen molar-refractivity contribution in [3.8, 4) is 6.07 Å². The van der Waals surface area contributed by atoms with Crippen molar-refractivity contribution in [3.63, 3.8) is 0 Å². The molecule has 0 radical (unpaired) electrons. The average Bonchev–Trinajstić information content (AvgIpc) is 2.78. The minimum absolute atomic E-state index is 0.158. The molecule has 0 N–H and O–H groups in total. The van der Waals surface area contributed by atoms with Crippen molar-refractivity contribution in [2.75, 3.05) is 7.05 Å². The molecule has 0 aromatic carbocycles. The van der Waals surface area contributed by atoms with E-state index in [2.05, 4.69) is 10.1 Å². The highest BCUT2D eigenvalue weighted by Gasteiger charge is 2.22. The Morgan fingerprint density at radius 2 is 2.27 bits per heavy atom. The monoisotopic (exact) mass is 207 g/mol. The highest BCUT2D eigenvalue weighted by molar-refractivity contribution is 5.80. The third-order valence-corrected chi connectivity index (χ3v) is 2.31. The van der Waals surface area contributed by atoms with Crippen LogP contribution < -0.4 is 0 Å². The van der Waals surface area contributed by atoms with Gasteiger partial charge in [0.25, 0.3) is 0 Å². The van der Waals surface area contributed by atoms with E-state index in [1.165, 1.54) is 22.2 Å². The molecule has 80 valence electrons. The maximum Gasteiger partial charge on any atom is 0.248 e. The molecule has 0 aliphatic carbocycles. The zero-order valence-electron chi connectivity index (χ0n) is 8.95. The van der Waals surface area contributed by atoms with Crippen LogP contribution in [0.2, 0.25) is 0 Å². The summed E-state index contributed by atoms with van der Waals surface area (Å²) >= 11 is 0. The molecular formula is C9H13N5O. The van der Waals surface area contributed by atoms with Crippen LogP contribution in [0.1, 0.15) is 19.9 Å². The molecule has 0 aliphatic rings. The second-order valence-electron chi connectivity index (χ2n) is 3.31. The van der Waals surface area contributed by atoms with Crippen LogP contribution in [0.3, 0.4) is 0 Å². The van der Waals surface area contributed by atoms with E-state index in [4.69, 9.17) is 5.26 Å². The Labute approximate surface area is 88.1 Å². The number of aromatic nitrogens is 3. The van der Waals surface area contributed by atoms with Crippen LogP contribution in [0.4, 0.5) is 0 Å². The molecule has 0 saturated heterocycles. The number of likely N-dealkylation sites (N-methyl/N-ethyl adjacent to an activating group) is 1. The Hall–Kier alpha value is -1.90. The van der Waals surface area contributed by atoms with E-state index in [1.54, 1.807) is 20.9 Å². The lowest BCUT2D eigenvalue weighted by Crippen LogP contribution is -2.38. The standard InChI is InChI=1S/C9H13N5O/c1-7(4-10)13(3)9(15)8(2)14-6-11-5-12-14/h5-8H,1-3H3. The van der Waals surface area contributed by atoms with Crippen molar-refractivity contribution in [1.82, 2.24) is 19.7 Å². The molecule has 1 aromatic heterocycles.